The molecule has 6 heteroatoms. The molecule has 2 aromatic rings. The molecule has 5 nitrogen and oxygen atoms in total. The molecule has 0 atom stereocenters. The largest absolute Gasteiger partial charge is 0.396 e. The third kappa shape index (κ3) is 4.62. The van der Waals surface area contributed by atoms with Gasteiger partial charge in [-0.05, 0) is 23.3 Å². The molecule has 2 aromatic heterocycles. The van der Waals surface area contributed by atoms with Crippen LogP contribution in [0.15, 0.2) is 16.2 Å². The third-order valence-electron chi connectivity index (χ3n) is 3.07. The second-order valence-corrected chi connectivity index (χ2v) is 7.41. The average molecular weight is 309 g/mol. The Morgan fingerprint density at radius 2 is 2.19 bits per heavy atom. The number of hydrogen-bond acceptors (Lipinski definition) is 5. The molecule has 0 aliphatic heterocycles. The average Bonchev–Trinajstić information content (AvgIpc) is 2.83. The van der Waals surface area contributed by atoms with Crippen LogP contribution in [0.25, 0.3) is 10.2 Å². The SMILES string of the molecule is CC(C)(C)CN(CCCO)Cc1nc2ccsc2c(=O)[nH]1. The van der Waals surface area contributed by atoms with Gasteiger partial charge in [-0.2, -0.15) is 0 Å². The van der Waals surface area contributed by atoms with E-state index in [2.05, 4.69) is 35.6 Å². The number of fused-ring (bicyclic) bond motifs is 1. The van der Waals surface area contributed by atoms with Gasteiger partial charge in [0.1, 0.15) is 10.5 Å². The van der Waals surface area contributed by atoms with E-state index in [1.807, 2.05) is 11.4 Å². The lowest BCUT2D eigenvalue weighted by Crippen LogP contribution is -2.34. The van der Waals surface area contributed by atoms with Crippen LogP contribution in [-0.2, 0) is 6.54 Å². The number of aliphatic hydroxyl groups excluding tert-OH is 1. The van der Waals surface area contributed by atoms with Crippen LogP contribution in [0.4, 0.5) is 0 Å². The van der Waals surface area contributed by atoms with Gasteiger partial charge in [0.2, 0.25) is 0 Å². The molecule has 0 bridgehead atoms. The molecular formula is C15H23N3O2S. The van der Waals surface area contributed by atoms with Crippen molar-refractivity contribution in [1.29, 1.82) is 0 Å². The maximum Gasteiger partial charge on any atom is 0.268 e. The maximum absolute atomic E-state index is 12.0. The van der Waals surface area contributed by atoms with E-state index >= 15 is 0 Å². The van der Waals surface area contributed by atoms with Gasteiger partial charge in [0, 0.05) is 19.7 Å². The third-order valence-corrected chi connectivity index (χ3v) is 3.97. The van der Waals surface area contributed by atoms with Crippen LogP contribution >= 0.6 is 11.3 Å². The molecule has 2 N–H and O–H groups in total. The number of nitrogens with zero attached hydrogens (tertiary/aromatic N) is 2. The first-order valence-corrected chi connectivity index (χ1v) is 8.06. The Bertz CT molecular complexity index is 642. The van der Waals surface area contributed by atoms with Gasteiger partial charge in [-0.1, -0.05) is 20.8 Å². The highest BCUT2D eigenvalue weighted by Gasteiger charge is 2.17. The Balaban J connectivity index is 2.18. The molecular weight excluding hydrogens is 286 g/mol. The second kappa shape index (κ2) is 6.68. The lowest BCUT2D eigenvalue weighted by atomic mass is 9.96. The van der Waals surface area contributed by atoms with Crippen LogP contribution in [0.1, 0.15) is 33.0 Å². The van der Waals surface area contributed by atoms with Crippen molar-refractivity contribution in [3.05, 3.63) is 27.6 Å². The number of rotatable bonds is 6. The van der Waals surface area contributed by atoms with Crippen molar-refractivity contribution in [3.63, 3.8) is 0 Å². The normalized spacial score (nSPS) is 12.4. The van der Waals surface area contributed by atoms with E-state index in [0.717, 1.165) is 25.0 Å². The molecule has 0 saturated carbocycles. The van der Waals surface area contributed by atoms with Crippen molar-refractivity contribution in [3.8, 4) is 0 Å². The minimum Gasteiger partial charge on any atom is -0.396 e. The summed E-state index contributed by atoms with van der Waals surface area (Å²) in [7, 11) is 0. The van der Waals surface area contributed by atoms with E-state index in [1.165, 1.54) is 11.3 Å². The summed E-state index contributed by atoms with van der Waals surface area (Å²) < 4.78 is 0.677. The van der Waals surface area contributed by atoms with Gasteiger partial charge >= 0.3 is 0 Å². The van der Waals surface area contributed by atoms with Crippen LogP contribution in [-0.4, -0.2) is 39.7 Å². The minimum atomic E-state index is -0.0668. The van der Waals surface area contributed by atoms with E-state index in [4.69, 9.17) is 5.11 Å². The van der Waals surface area contributed by atoms with Gasteiger partial charge < -0.3 is 10.1 Å². The van der Waals surface area contributed by atoms with Gasteiger partial charge in [-0.15, -0.1) is 11.3 Å². The highest BCUT2D eigenvalue weighted by molar-refractivity contribution is 7.17. The number of H-pyrrole nitrogens is 1. The lowest BCUT2D eigenvalue weighted by molar-refractivity contribution is 0.163. The molecule has 2 heterocycles. The van der Waals surface area contributed by atoms with Crippen molar-refractivity contribution in [2.45, 2.75) is 33.7 Å². The predicted molar refractivity (Wildman–Crippen MR) is 86.7 cm³/mol. The molecule has 0 aliphatic carbocycles. The van der Waals surface area contributed by atoms with Crippen LogP contribution in [0, 0.1) is 5.41 Å². The first kappa shape index (κ1) is 16.1. The number of aromatic nitrogens is 2. The van der Waals surface area contributed by atoms with Gasteiger partial charge in [0.05, 0.1) is 12.1 Å². The molecule has 0 spiro atoms. The van der Waals surface area contributed by atoms with Crippen LogP contribution < -0.4 is 5.56 Å². The monoisotopic (exact) mass is 309 g/mol. The zero-order valence-corrected chi connectivity index (χ0v) is 13.7. The zero-order valence-electron chi connectivity index (χ0n) is 12.8. The summed E-state index contributed by atoms with van der Waals surface area (Å²) in [5, 5.41) is 10.9. The number of aliphatic hydroxyl groups is 1. The number of hydrogen-bond donors (Lipinski definition) is 2. The van der Waals surface area contributed by atoms with E-state index in [-0.39, 0.29) is 17.6 Å². The molecule has 21 heavy (non-hydrogen) atoms. The highest BCUT2D eigenvalue weighted by atomic mass is 32.1. The second-order valence-electron chi connectivity index (χ2n) is 6.50. The molecule has 0 aromatic carbocycles. The summed E-state index contributed by atoms with van der Waals surface area (Å²) in [6.07, 6.45) is 0.723. The van der Waals surface area contributed by atoms with Crippen LogP contribution in [0.3, 0.4) is 0 Å². The number of thiophene rings is 1. The fraction of sp³-hybridized carbons (Fsp3) is 0.600. The molecule has 0 unspecified atom stereocenters. The van der Waals surface area contributed by atoms with Crippen molar-refractivity contribution in [2.24, 2.45) is 5.41 Å². The smallest absolute Gasteiger partial charge is 0.268 e. The fourth-order valence-corrected chi connectivity index (χ4v) is 3.11. The summed E-state index contributed by atoms with van der Waals surface area (Å²) in [6.45, 7) is 8.98. The first-order chi connectivity index (χ1) is 9.89. The minimum absolute atomic E-state index is 0.0668. The molecule has 2 rings (SSSR count). The van der Waals surface area contributed by atoms with Crippen molar-refractivity contribution in [1.82, 2.24) is 14.9 Å². The van der Waals surface area contributed by atoms with E-state index in [1.54, 1.807) is 0 Å². The lowest BCUT2D eigenvalue weighted by Gasteiger charge is -2.29. The summed E-state index contributed by atoms with van der Waals surface area (Å²) in [5.41, 5.74) is 0.849. The van der Waals surface area contributed by atoms with Crippen molar-refractivity contribution >= 4 is 21.6 Å². The standard InChI is InChI=1S/C15H23N3O2S/c1-15(2,3)10-18(6-4-7-19)9-12-16-11-5-8-21-13(11)14(20)17-12/h5,8,19H,4,6-7,9-10H2,1-3H3,(H,16,17,20). The summed E-state index contributed by atoms with van der Waals surface area (Å²) >= 11 is 1.41. The van der Waals surface area contributed by atoms with Gasteiger partial charge in [0.25, 0.3) is 5.56 Å². The van der Waals surface area contributed by atoms with Crippen LogP contribution in [0.5, 0.6) is 0 Å². The van der Waals surface area contributed by atoms with E-state index in [9.17, 15) is 4.79 Å². The van der Waals surface area contributed by atoms with Gasteiger partial charge in [-0.3, -0.25) is 9.69 Å². The van der Waals surface area contributed by atoms with Crippen molar-refractivity contribution in [2.75, 3.05) is 19.7 Å². The summed E-state index contributed by atoms with van der Waals surface area (Å²) in [4.78, 5) is 21.6. The summed E-state index contributed by atoms with van der Waals surface area (Å²) in [6, 6.07) is 1.88. The van der Waals surface area contributed by atoms with E-state index in [0.29, 0.717) is 17.1 Å². The Morgan fingerprint density at radius 1 is 1.43 bits per heavy atom. The Labute approximate surface area is 128 Å². The molecule has 0 fully saturated rings. The Hall–Kier alpha value is -1.24. The molecule has 0 aliphatic rings. The Kier molecular flexibility index (Phi) is 5.13. The van der Waals surface area contributed by atoms with Gasteiger partial charge in [0.15, 0.2) is 0 Å². The molecule has 0 amide bonds. The maximum atomic E-state index is 12.0. The van der Waals surface area contributed by atoms with E-state index < -0.39 is 0 Å². The highest BCUT2D eigenvalue weighted by Crippen LogP contribution is 2.18. The van der Waals surface area contributed by atoms with Gasteiger partial charge in [-0.25, -0.2) is 4.98 Å². The number of nitrogens with one attached hydrogen (secondary N) is 1. The quantitative estimate of drug-likeness (QED) is 0.858. The van der Waals surface area contributed by atoms with Crippen LogP contribution in [0.2, 0.25) is 0 Å². The topological polar surface area (TPSA) is 69.2 Å². The van der Waals surface area contributed by atoms with Crippen molar-refractivity contribution < 1.29 is 5.11 Å². The predicted octanol–water partition coefficient (Wildman–Crippen LogP) is 2.22. The zero-order chi connectivity index (χ0) is 15.5. The Morgan fingerprint density at radius 3 is 2.86 bits per heavy atom. The number of aromatic amines is 1. The molecule has 0 radical (unpaired) electrons. The first-order valence-electron chi connectivity index (χ1n) is 7.19. The molecule has 116 valence electrons. The summed E-state index contributed by atoms with van der Waals surface area (Å²) in [5.74, 6) is 0.688. The molecule has 0 saturated heterocycles. The fourth-order valence-electron chi connectivity index (χ4n) is 2.39.